The van der Waals surface area contributed by atoms with Gasteiger partial charge in [0, 0.05) is 21.1 Å². The van der Waals surface area contributed by atoms with Crippen LogP contribution in [-0.4, -0.2) is 17.1 Å². The molecule has 0 aliphatic carbocycles. The van der Waals surface area contributed by atoms with E-state index in [1.807, 2.05) is 42.6 Å². The Bertz CT molecular complexity index is 885. The first-order chi connectivity index (χ1) is 11.6. The van der Waals surface area contributed by atoms with E-state index in [1.165, 1.54) is 17.6 Å². The van der Waals surface area contributed by atoms with Crippen LogP contribution in [0.4, 0.5) is 0 Å². The fraction of sp³-hybridized carbons (Fsp3) is 0.118. The van der Waals surface area contributed by atoms with Crippen molar-refractivity contribution in [2.75, 3.05) is 0 Å². The van der Waals surface area contributed by atoms with Crippen molar-refractivity contribution in [3.63, 3.8) is 0 Å². The van der Waals surface area contributed by atoms with Crippen LogP contribution in [0.5, 0.6) is 0 Å². The molecule has 0 bridgehead atoms. The van der Waals surface area contributed by atoms with Crippen LogP contribution < -0.4 is 5.43 Å². The predicted molar refractivity (Wildman–Crippen MR) is 98.1 cm³/mol. The summed E-state index contributed by atoms with van der Waals surface area (Å²) >= 11 is 4.95. The molecule has 1 N–H and O–H groups in total. The maximum absolute atomic E-state index is 11.8. The van der Waals surface area contributed by atoms with E-state index >= 15 is 0 Å². The monoisotopic (exact) mass is 403 g/mol. The SMILES string of the molecule is Cc1csc(CC(=O)N/N=C\c2ccc(-c3ccccc3Br)o2)n1. The van der Waals surface area contributed by atoms with Crippen LogP contribution in [0.2, 0.25) is 0 Å². The van der Waals surface area contributed by atoms with E-state index in [0.717, 1.165) is 26.5 Å². The van der Waals surface area contributed by atoms with E-state index in [1.54, 1.807) is 6.07 Å². The van der Waals surface area contributed by atoms with Crippen LogP contribution >= 0.6 is 27.3 Å². The molecule has 122 valence electrons. The van der Waals surface area contributed by atoms with E-state index in [0.29, 0.717) is 5.76 Å². The standard InChI is InChI=1S/C17H14BrN3O2S/c1-11-10-24-17(20-11)8-16(22)21-19-9-12-6-7-15(23-12)13-4-2-3-5-14(13)18/h2-7,9-10H,8H2,1H3,(H,21,22)/b19-9-. The predicted octanol–water partition coefficient (Wildman–Crippen LogP) is 4.17. The highest BCUT2D eigenvalue weighted by atomic mass is 79.9. The molecule has 0 saturated carbocycles. The first-order valence-corrected chi connectivity index (χ1v) is 8.87. The van der Waals surface area contributed by atoms with Gasteiger partial charge in [-0.3, -0.25) is 4.79 Å². The summed E-state index contributed by atoms with van der Waals surface area (Å²) in [5, 5.41) is 6.61. The summed E-state index contributed by atoms with van der Waals surface area (Å²) in [6.45, 7) is 1.90. The molecule has 7 heteroatoms. The molecule has 0 fully saturated rings. The van der Waals surface area contributed by atoms with Crippen molar-refractivity contribution in [3.8, 4) is 11.3 Å². The third kappa shape index (κ3) is 4.18. The smallest absolute Gasteiger partial charge is 0.246 e. The van der Waals surface area contributed by atoms with E-state index in [2.05, 4.69) is 31.4 Å². The minimum absolute atomic E-state index is 0.210. The van der Waals surface area contributed by atoms with Gasteiger partial charge in [-0.15, -0.1) is 11.3 Å². The van der Waals surface area contributed by atoms with Crippen molar-refractivity contribution in [3.05, 3.63) is 62.7 Å². The van der Waals surface area contributed by atoms with Crippen LogP contribution in [0.1, 0.15) is 16.5 Å². The summed E-state index contributed by atoms with van der Waals surface area (Å²) in [5.74, 6) is 1.08. The molecule has 2 aromatic heterocycles. The van der Waals surface area contributed by atoms with Gasteiger partial charge in [0.15, 0.2) is 0 Å². The maximum atomic E-state index is 11.8. The minimum atomic E-state index is -0.210. The Balaban J connectivity index is 1.59. The highest BCUT2D eigenvalue weighted by Crippen LogP contribution is 2.28. The Morgan fingerprint density at radius 1 is 1.38 bits per heavy atom. The second kappa shape index (κ2) is 7.55. The Labute approximate surface area is 151 Å². The highest BCUT2D eigenvalue weighted by Gasteiger charge is 2.08. The Hall–Kier alpha value is -2.25. The number of amides is 1. The molecule has 24 heavy (non-hydrogen) atoms. The average Bonchev–Trinajstić information content (AvgIpc) is 3.17. The molecule has 0 aliphatic heterocycles. The zero-order valence-corrected chi connectivity index (χ0v) is 15.2. The fourth-order valence-electron chi connectivity index (χ4n) is 2.06. The first-order valence-electron chi connectivity index (χ1n) is 7.19. The lowest BCUT2D eigenvalue weighted by Crippen LogP contribution is -2.19. The topological polar surface area (TPSA) is 67.5 Å². The molecule has 2 heterocycles. The fourth-order valence-corrected chi connectivity index (χ4v) is 3.31. The zero-order chi connectivity index (χ0) is 16.9. The number of aromatic nitrogens is 1. The number of hydrogen-bond donors (Lipinski definition) is 1. The van der Waals surface area contributed by atoms with Gasteiger partial charge in [-0.25, -0.2) is 10.4 Å². The number of benzene rings is 1. The van der Waals surface area contributed by atoms with Gasteiger partial charge in [0.2, 0.25) is 5.91 Å². The number of nitrogens with one attached hydrogen (secondary N) is 1. The first kappa shape index (κ1) is 16.6. The number of halogens is 1. The highest BCUT2D eigenvalue weighted by molar-refractivity contribution is 9.10. The summed E-state index contributed by atoms with van der Waals surface area (Å²) in [7, 11) is 0. The molecule has 3 aromatic rings. The van der Waals surface area contributed by atoms with Gasteiger partial charge in [-0.2, -0.15) is 5.10 Å². The van der Waals surface area contributed by atoms with Gasteiger partial charge in [0.1, 0.15) is 16.5 Å². The molecule has 0 unspecified atom stereocenters. The molecular formula is C17H14BrN3O2S. The lowest BCUT2D eigenvalue weighted by molar-refractivity contribution is -0.120. The third-order valence-corrected chi connectivity index (χ3v) is 4.78. The lowest BCUT2D eigenvalue weighted by atomic mass is 10.2. The number of hydrazone groups is 1. The quantitative estimate of drug-likeness (QED) is 0.513. The number of hydrogen-bond acceptors (Lipinski definition) is 5. The molecule has 0 aliphatic rings. The minimum Gasteiger partial charge on any atom is -0.455 e. The largest absolute Gasteiger partial charge is 0.455 e. The molecule has 1 amide bonds. The number of nitrogens with zero attached hydrogens (tertiary/aromatic N) is 2. The normalized spacial score (nSPS) is 11.1. The molecule has 0 saturated heterocycles. The van der Waals surface area contributed by atoms with Crippen molar-refractivity contribution in [2.45, 2.75) is 13.3 Å². The molecule has 0 radical (unpaired) electrons. The van der Waals surface area contributed by atoms with E-state index in [4.69, 9.17) is 4.42 Å². The van der Waals surface area contributed by atoms with Gasteiger partial charge < -0.3 is 4.42 Å². The Morgan fingerprint density at radius 3 is 2.96 bits per heavy atom. The third-order valence-electron chi connectivity index (χ3n) is 3.13. The lowest BCUT2D eigenvalue weighted by Gasteiger charge is -1.99. The van der Waals surface area contributed by atoms with Crippen molar-refractivity contribution in [1.82, 2.24) is 10.4 Å². The molecule has 5 nitrogen and oxygen atoms in total. The van der Waals surface area contributed by atoms with Crippen molar-refractivity contribution >= 4 is 39.4 Å². The van der Waals surface area contributed by atoms with Crippen molar-refractivity contribution in [1.29, 1.82) is 0 Å². The second-order valence-corrected chi connectivity index (χ2v) is 6.83. The van der Waals surface area contributed by atoms with Gasteiger partial charge in [0.25, 0.3) is 0 Å². The van der Waals surface area contributed by atoms with Crippen LogP contribution in [-0.2, 0) is 11.2 Å². The molecule has 3 rings (SSSR count). The summed E-state index contributed by atoms with van der Waals surface area (Å²) in [6, 6.07) is 11.5. The second-order valence-electron chi connectivity index (χ2n) is 5.03. The number of aryl methyl sites for hydroxylation is 1. The maximum Gasteiger partial charge on any atom is 0.246 e. The molecule has 0 spiro atoms. The van der Waals surface area contributed by atoms with E-state index < -0.39 is 0 Å². The van der Waals surface area contributed by atoms with Crippen molar-refractivity contribution < 1.29 is 9.21 Å². The summed E-state index contributed by atoms with van der Waals surface area (Å²) in [6.07, 6.45) is 1.70. The van der Waals surface area contributed by atoms with Crippen LogP contribution in [0.25, 0.3) is 11.3 Å². The summed E-state index contributed by atoms with van der Waals surface area (Å²) in [4.78, 5) is 16.0. The average molecular weight is 404 g/mol. The van der Waals surface area contributed by atoms with E-state index in [9.17, 15) is 4.79 Å². The van der Waals surface area contributed by atoms with Crippen LogP contribution in [0.3, 0.4) is 0 Å². The number of carbonyl (C=O) groups excluding carboxylic acids is 1. The Kier molecular flexibility index (Phi) is 5.22. The van der Waals surface area contributed by atoms with Crippen LogP contribution in [0.15, 0.2) is 55.8 Å². The van der Waals surface area contributed by atoms with Gasteiger partial charge >= 0.3 is 0 Å². The zero-order valence-electron chi connectivity index (χ0n) is 12.8. The van der Waals surface area contributed by atoms with Gasteiger partial charge in [0.05, 0.1) is 12.6 Å². The number of rotatable bonds is 5. The molecule has 0 atom stereocenters. The van der Waals surface area contributed by atoms with Gasteiger partial charge in [-0.05, 0) is 25.1 Å². The number of carbonyl (C=O) groups is 1. The summed E-state index contributed by atoms with van der Waals surface area (Å²) in [5.41, 5.74) is 4.35. The van der Waals surface area contributed by atoms with Crippen LogP contribution in [0, 0.1) is 6.92 Å². The number of furan rings is 1. The van der Waals surface area contributed by atoms with Gasteiger partial charge in [-0.1, -0.05) is 34.1 Å². The molecular weight excluding hydrogens is 390 g/mol. The van der Waals surface area contributed by atoms with Crippen molar-refractivity contribution in [2.24, 2.45) is 5.10 Å². The molecule has 1 aromatic carbocycles. The Morgan fingerprint density at radius 2 is 2.21 bits per heavy atom. The number of thiazole rings is 1. The van der Waals surface area contributed by atoms with E-state index in [-0.39, 0.29) is 12.3 Å². The summed E-state index contributed by atoms with van der Waals surface area (Å²) < 4.78 is 6.67.